The first-order valence-corrected chi connectivity index (χ1v) is 14.2. The van der Waals surface area contributed by atoms with Gasteiger partial charge in [-0.2, -0.15) is 0 Å². The second-order valence-corrected chi connectivity index (χ2v) is 11.9. The van der Waals surface area contributed by atoms with E-state index in [1.54, 1.807) is 0 Å². The smallest absolute Gasteiger partial charge is 0.240 e. The van der Waals surface area contributed by atoms with Crippen LogP contribution in [-0.2, 0) is 24.2 Å². The zero-order valence-electron chi connectivity index (χ0n) is 24.1. The van der Waals surface area contributed by atoms with E-state index in [-0.39, 0.29) is 29.6 Å². The van der Waals surface area contributed by atoms with E-state index in [2.05, 4.69) is 66.6 Å². The van der Waals surface area contributed by atoms with Crippen molar-refractivity contribution >= 4 is 5.91 Å². The maximum atomic E-state index is 14.4. The largest absolute Gasteiger partial charge is 0.488 e. The number of benzene rings is 3. The number of aromatic nitrogens is 2. The van der Waals surface area contributed by atoms with Crippen LogP contribution in [0.3, 0.4) is 0 Å². The number of H-pyrrole nitrogens is 1. The summed E-state index contributed by atoms with van der Waals surface area (Å²) in [5.41, 5.74) is 5.22. The summed E-state index contributed by atoms with van der Waals surface area (Å²) in [5.74, 6) is 1.73. The standard InChI is InChI=1S/C34H40N4O2/c1-23(2)36-29(19-24-15-17-28(18-16-24)40-34(3,4)5)33(39)38-22-27-14-10-9-13-26(27)20-31(38)32-35-21-30(37-32)25-11-7-6-8-12-25/h6-18,21,23,29,31,36H,19-20,22H2,1-5H3,(H,35,37). The van der Waals surface area contributed by atoms with Crippen LogP contribution in [0.5, 0.6) is 5.75 Å². The minimum Gasteiger partial charge on any atom is -0.488 e. The van der Waals surface area contributed by atoms with E-state index in [1.165, 1.54) is 11.1 Å². The Morgan fingerprint density at radius 2 is 1.68 bits per heavy atom. The van der Waals surface area contributed by atoms with Crippen molar-refractivity contribution in [3.05, 3.63) is 108 Å². The summed E-state index contributed by atoms with van der Waals surface area (Å²) in [7, 11) is 0. The van der Waals surface area contributed by atoms with Crippen molar-refractivity contribution in [2.45, 2.75) is 77.7 Å². The van der Waals surface area contributed by atoms with Gasteiger partial charge in [-0.25, -0.2) is 4.98 Å². The van der Waals surface area contributed by atoms with Gasteiger partial charge in [0.15, 0.2) is 0 Å². The van der Waals surface area contributed by atoms with Gasteiger partial charge >= 0.3 is 0 Å². The summed E-state index contributed by atoms with van der Waals surface area (Å²) in [6, 6.07) is 26.3. The maximum absolute atomic E-state index is 14.4. The van der Waals surface area contributed by atoms with Crippen LogP contribution >= 0.6 is 0 Å². The highest BCUT2D eigenvalue weighted by molar-refractivity contribution is 5.83. The Hall–Kier alpha value is -3.90. The molecule has 0 saturated carbocycles. The fourth-order valence-electron chi connectivity index (χ4n) is 5.37. The third-order valence-electron chi connectivity index (χ3n) is 7.13. The molecule has 2 heterocycles. The first kappa shape index (κ1) is 27.7. The summed E-state index contributed by atoms with van der Waals surface area (Å²) < 4.78 is 6.00. The lowest BCUT2D eigenvalue weighted by atomic mass is 9.92. The molecule has 2 unspecified atom stereocenters. The fourth-order valence-corrected chi connectivity index (χ4v) is 5.37. The van der Waals surface area contributed by atoms with E-state index in [0.29, 0.717) is 13.0 Å². The Labute approximate surface area is 237 Å². The number of carbonyl (C=O) groups is 1. The van der Waals surface area contributed by atoms with Crippen LogP contribution in [0.25, 0.3) is 11.3 Å². The molecule has 0 aliphatic carbocycles. The molecule has 1 aromatic heterocycles. The Morgan fingerprint density at radius 3 is 2.35 bits per heavy atom. The van der Waals surface area contributed by atoms with E-state index in [0.717, 1.165) is 34.8 Å². The Bertz CT molecular complexity index is 1420. The topological polar surface area (TPSA) is 70.2 Å². The summed E-state index contributed by atoms with van der Waals surface area (Å²) in [6.07, 6.45) is 3.25. The molecule has 2 atom stereocenters. The molecule has 5 rings (SSSR count). The van der Waals surface area contributed by atoms with Gasteiger partial charge in [-0.3, -0.25) is 4.79 Å². The molecule has 0 saturated heterocycles. The molecule has 4 aromatic rings. The molecule has 208 valence electrons. The summed E-state index contributed by atoms with van der Waals surface area (Å²) in [5, 5.41) is 3.55. The number of nitrogens with zero attached hydrogens (tertiary/aromatic N) is 2. The van der Waals surface area contributed by atoms with Crippen LogP contribution < -0.4 is 10.1 Å². The lowest BCUT2D eigenvalue weighted by Crippen LogP contribution is -2.52. The van der Waals surface area contributed by atoms with Crippen LogP contribution in [0.1, 0.15) is 63.2 Å². The minimum atomic E-state index is -0.370. The number of hydrogen-bond donors (Lipinski definition) is 2. The van der Waals surface area contributed by atoms with Crippen molar-refractivity contribution in [2.75, 3.05) is 0 Å². The number of rotatable bonds is 8. The van der Waals surface area contributed by atoms with Gasteiger partial charge in [-0.15, -0.1) is 0 Å². The molecule has 6 nitrogen and oxygen atoms in total. The predicted molar refractivity (Wildman–Crippen MR) is 160 cm³/mol. The number of nitrogens with one attached hydrogen (secondary N) is 2. The van der Waals surface area contributed by atoms with Crippen molar-refractivity contribution in [3.8, 4) is 17.0 Å². The number of hydrogen-bond acceptors (Lipinski definition) is 4. The minimum absolute atomic E-state index is 0.0842. The first-order chi connectivity index (χ1) is 19.2. The second kappa shape index (κ2) is 11.7. The lowest BCUT2D eigenvalue weighted by Gasteiger charge is -2.38. The van der Waals surface area contributed by atoms with Crippen LogP contribution in [0.4, 0.5) is 0 Å². The van der Waals surface area contributed by atoms with E-state index in [1.807, 2.05) is 68.3 Å². The Morgan fingerprint density at radius 1 is 1.00 bits per heavy atom. The fraction of sp³-hybridized carbons (Fsp3) is 0.353. The first-order valence-electron chi connectivity index (χ1n) is 14.2. The molecule has 0 bridgehead atoms. The molecular formula is C34H40N4O2. The average molecular weight is 537 g/mol. The van der Waals surface area contributed by atoms with Crippen molar-refractivity contribution in [1.82, 2.24) is 20.2 Å². The molecule has 2 N–H and O–H groups in total. The van der Waals surface area contributed by atoms with Crippen molar-refractivity contribution in [3.63, 3.8) is 0 Å². The molecule has 0 fully saturated rings. The molecule has 1 aliphatic rings. The number of carbonyl (C=O) groups excluding carboxylic acids is 1. The molecule has 0 radical (unpaired) electrons. The van der Waals surface area contributed by atoms with Gasteiger partial charge in [0.2, 0.25) is 5.91 Å². The molecule has 0 spiro atoms. The van der Waals surface area contributed by atoms with E-state index >= 15 is 0 Å². The third kappa shape index (κ3) is 6.62. The van der Waals surface area contributed by atoms with Gasteiger partial charge in [-0.1, -0.05) is 80.6 Å². The number of aromatic amines is 1. The predicted octanol–water partition coefficient (Wildman–Crippen LogP) is 6.49. The van der Waals surface area contributed by atoms with Gasteiger partial charge in [0.25, 0.3) is 0 Å². The average Bonchev–Trinajstić information content (AvgIpc) is 3.42. The SMILES string of the molecule is CC(C)NC(Cc1ccc(OC(C)(C)C)cc1)C(=O)N1Cc2ccccc2CC1c1nc(-c2ccccc2)c[nH]1. The molecular weight excluding hydrogens is 496 g/mol. The van der Waals surface area contributed by atoms with Crippen LogP contribution in [0, 0.1) is 0 Å². The number of ether oxygens (including phenoxy) is 1. The molecule has 1 amide bonds. The monoisotopic (exact) mass is 536 g/mol. The van der Waals surface area contributed by atoms with Crippen molar-refractivity contribution in [1.29, 1.82) is 0 Å². The maximum Gasteiger partial charge on any atom is 0.240 e. The molecule has 1 aliphatic heterocycles. The summed E-state index contributed by atoms with van der Waals surface area (Å²) in [4.78, 5) is 24.7. The molecule has 6 heteroatoms. The Balaban J connectivity index is 1.43. The van der Waals surface area contributed by atoms with E-state index < -0.39 is 0 Å². The van der Waals surface area contributed by atoms with Crippen LogP contribution in [-0.4, -0.2) is 38.5 Å². The Kier molecular flexibility index (Phi) is 8.08. The van der Waals surface area contributed by atoms with Crippen LogP contribution in [0.15, 0.2) is 85.1 Å². The normalized spacial score (nSPS) is 16.1. The number of imidazole rings is 1. The quantitative estimate of drug-likeness (QED) is 0.270. The summed E-state index contributed by atoms with van der Waals surface area (Å²) in [6.45, 7) is 10.8. The lowest BCUT2D eigenvalue weighted by molar-refractivity contribution is -0.137. The highest BCUT2D eigenvalue weighted by Gasteiger charge is 2.36. The van der Waals surface area contributed by atoms with Gasteiger partial charge in [0, 0.05) is 30.8 Å². The van der Waals surface area contributed by atoms with Crippen LogP contribution in [0.2, 0.25) is 0 Å². The summed E-state index contributed by atoms with van der Waals surface area (Å²) >= 11 is 0. The second-order valence-electron chi connectivity index (χ2n) is 11.9. The van der Waals surface area contributed by atoms with Gasteiger partial charge < -0.3 is 19.9 Å². The van der Waals surface area contributed by atoms with Gasteiger partial charge in [0.1, 0.15) is 17.2 Å². The zero-order chi connectivity index (χ0) is 28.3. The highest BCUT2D eigenvalue weighted by Crippen LogP contribution is 2.34. The van der Waals surface area contributed by atoms with Gasteiger partial charge in [0.05, 0.1) is 17.8 Å². The highest BCUT2D eigenvalue weighted by atomic mass is 16.5. The number of amides is 1. The van der Waals surface area contributed by atoms with Crippen molar-refractivity contribution < 1.29 is 9.53 Å². The zero-order valence-corrected chi connectivity index (χ0v) is 24.1. The molecule has 40 heavy (non-hydrogen) atoms. The van der Waals surface area contributed by atoms with Crippen molar-refractivity contribution in [2.24, 2.45) is 0 Å². The van der Waals surface area contributed by atoms with Gasteiger partial charge in [-0.05, 0) is 56.0 Å². The van der Waals surface area contributed by atoms with E-state index in [4.69, 9.17) is 9.72 Å². The molecule has 3 aromatic carbocycles. The van der Waals surface area contributed by atoms with E-state index in [9.17, 15) is 4.79 Å². The third-order valence-corrected chi connectivity index (χ3v) is 7.13. The number of fused-ring (bicyclic) bond motifs is 1.